The molecule has 0 saturated heterocycles. The summed E-state index contributed by atoms with van der Waals surface area (Å²) in [6.45, 7) is 4.58. The Balaban J connectivity index is 1.99. The molecule has 0 fully saturated rings. The SMILES string of the molecule is CCCc1nc(C)c(C(=O)NCc2ccc(Br)s2)s1. The second-order valence-electron chi connectivity index (χ2n) is 4.16. The van der Waals surface area contributed by atoms with Crippen LogP contribution in [0.15, 0.2) is 15.9 Å². The highest BCUT2D eigenvalue weighted by Crippen LogP contribution is 2.23. The number of aryl methyl sites for hydroxylation is 2. The van der Waals surface area contributed by atoms with E-state index in [0.29, 0.717) is 6.54 Å². The molecule has 0 radical (unpaired) electrons. The Labute approximate surface area is 129 Å². The first-order valence-corrected chi connectivity index (χ1v) is 8.51. The second-order valence-corrected chi connectivity index (χ2v) is 7.79. The fourth-order valence-electron chi connectivity index (χ4n) is 1.68. The van der Waals surface area contributed by atoms with E-state index in [1.54, 1.807) is 11.3 Å². The van der Waals surface area contributed by atoms with Crippen molar-refractivity contribution in [2.45, 2.75) is 33.2 Å². The molecule has 0 atom stereocenters. The predicted octanol–water partition coefficient (Wildman–Crippen LogP) is 4.16. The molecular formula is C13H15BrN2OS2. The first-order chi connectivity index (χ1) is 9.10. The summed E-state index contributed by atoms with van der Waals surface area (Å²) in [5, 5.41) is 3.99. The van der Waals surface area contributed by atoms with Gasteiger partial charge >= 0.3 is 0 Å². The Morgan fingerprint density at radius 2 is 2.21 bits per heavy atom. The van der Waals surface area contributed by atoms with Crippen LogP contribution in [0.4, 0.5) is 0 Å². The Bertz CT molecular complexity index is 577. The summed E-state index contributed by atoms with van der Waals surface area (Å²) >= 11 is 6.55. The zero-order valence-corrected chi connectivity index (χ0v) is 14.0. The van der Waals surface area contributed by atoms with E-state index in [4.69, 9.17) is 0 Å². The van der Waals surface area contributed by atoms with Crippen LogP contribution >= 0.6 is 38.6 Å². The number of thiazole rings is 1. The third-order valence-corrected chi connectivity index (χ3v) is 5.40. The summed E-state index contributed by atoms with van der Waals surface area (Å²) in [5.41, 5.74) is 0.832. The van der Waals surface area contributed by atoms with Gasteiger partial charge in [0.1, 0.15) is 4.88 Å². The number of amides is 1. The Morgan fingerprint density at radius 3 is 2.84 bits per heavy atom. The largest absolute Gasteiger partial charge is 0.346 e. The van der Waals surface area contributed by atoms with Gasteiger partial charge < -0.3 is 5.32 Å². The molecule has 2 aromatic heterocycles. The van der Waals surface area contributed by atoms with Gasteiger partial charge in [0.25, 0.3) is 5.91 Å². The molecule has 0 spiro atoms. The standard InChI is InChI=1S/C13H15BrN2OS2/c1-3-4-11-16-8(2)12(19-11)13(17)15-7-9-5-6-10(14)18-9/h5-6H,3-4,7H2,1-2H3,(H,15,17). The van der Waals surface area contributed by atoms with Crippen LogP contribution in [0.3, 0.4) is 0 Å². The third-order valence-electron chi connectivity index (χ3n) is 2.56. The highest BCUT2D eigenvalue weighted by atomic mass is 79.9. The molecule has 19 heavy (non-hydrogen) atoms. The van der Waals surface area contributed by atoms with Gasteiger partial charge in [0, 0.05) is 4.88 Å². The van der Waals surface area contributed by atoms with Crippen LogP contribution < -0.4 is 5.32 Å². The van der Waals surface area contributed by atoms with Gasteiger partial charge in [0.15, 0.2) is 0 Å². The van der Waals surface area contributed by atoms with Crippen molar-refractivity contribution < 1.29 is 4.79 Å². The maximum Gasteiger partial charge on any atom is 0.263 e. The van der Waals surface area contributed by atoms with Crippen molar-refractivity contribution in [1.82, 2.24) is 10.3 Å². The lowest BCUT2D eigenvalue weighted by molar-refractivity contribution is 0.0954. The summed E-state index contributed by atoms with van der Waals surface area (Å²) in [6.07, 6.45) is 1.99. The first kappa shape index (κ1) is 14.7. The van der Waals surface area contributed by atoms with E-state index in [1.165, 1.54) is 11.3 Å². The molecule has 6 heteroatoms. The number of carbonyl (C=O) groups is 1. The maximum absolute atomic E-state index is 12.1. The van der Waals surface area contributed by atoms with Gasteiger partial charge in [0.05, 0.1) is 21.0 Å². The van der Waals surface area contributed by atoms with Crippen molar-refractivity contribution in [3.63, 3.8) is 0 Å². The Morgan fingerprint density at radius 1 is 1.42 bits per heavy atom. The molecule has 2 aromatic rings. The maximum atomic E-state index is 12.1. The zero-order valence-electron chi connectivity index (χ0n) is 10.8. The van der Waals surface area contributed by atoms with Crippen molar-refractivity contribution in [2.75, 3.05) is 0 Å². The molecule has 0 aliphatic carbocycles. The van der Waals surface area contributed by atoms with E-state index < -0.39 is 0 Å². The zero-order chi connectivity index (χ0) is 13.8. The van der Waals surface area contributed by atoms with E-state index in [1.807, 2.05) is 19.1 Å². The molecule has 2 heterocycles. The lowest BCUT2D eigenvalue weighted by Gasteiger charge is -2.01. The monoisotopic (exact) mass is 358 g/mol. The smallest absolute Gasteiger partial charge is 0.263 e. The fraction of sp³-hybridized carbons (Fsp3) is 0.385. The highest BCUT2D eigenvalue weighted by molar-refractivity contribution is 9.11. The van der Waals surface area contributed by atoms with Gasteiger partial charge in [-0.1, -0.05) is 6.92 Å². The number of nitrogens with zero attached hydrogens (tertiary/aromatic N) is 1. The number of rotatable bonds is 5. The van der Waals surface area contributed by atoms with Gasteiger partial charge in [-0.2, -0.15) is 0 Å². The summed E-state index contributed by atoms with van der Waals surface area (Å²) in [4.78, 5) is 18.4. The molecule has 102 valence electrons. The summed E-state index contributed by atoms with van der Waals surface area (Å²) in [7, 11) is 0. The molecule has 0 bridgehead atoms. The normalized spacial score (nSPS) is 10.7. The van der Waals surface area contributed by atoms with Gasteiger partial charge in [-0.05, 0) is 47.8 Å². The topological polar surface area (TPSA) is 42.0 Å². The number of carbonyl (C=O) groups excluding carboxylic acids is 1. The van der Waals surface area contributed by atoms with E-state index in [9.17, 15) is 4.79 Å². The minimum Gasteiger partial charge on any atom is -0.346 e. The van der Waals surface area contributed by atoms with E-state index in [2.05, 4.69) is 33.2 Å². The van der Waals surface area contributed by atoms with Gasteiger partial charge in [-0.15, -0.1) is 22.7 Å². The molecular weight excluding hydrogens is 344 g/mol. The van der Waals surface area contributed by atoms with E-state index >= 15 is 0 Å². The number of nitrogens with one attached hydrogen (secondary N) is 1. The summed E-state index contributed by atoms with van der Waals surface area (Å²) in [5.74, 6) is -0.0260. The van der Waals surface area contributed by atoms with Crippen molar-refractivity contribution in [1.29, 1.82) is 0 Å². The third kappa shape index (κ3) is 3.87. The predicted molar refractivity (Wildman–Crippen MR) is 84.0 cm³/mol. The quantitative estimate of drug-likeness (QED) is 0.871. The Hall–Kier alpha value is -0.720. The van der Waals surface area contributed by atoms with Crippen LogP contribution in [0.2, 0.25) is 0 Å². The lowest BCUT2D eigenvalue weighted by Crippen LogP contribution is -2.22. The number of thiophene rings is 1. The van der Waals surface area contributed by atoms with Gasteiger partial charge in [0.2, 0.25) is 0 Å². The minimum absolute atomic E-state index is 0.0260. The van der Waals surface area contributed by atoms with Crippen molar-refractivity contribution >= 4 is 44.5 Å². The van der Waals surface area contributed by atoms with Crippen molar-refractivity contribution in [3.05, 3.63) is 36.4 Å². The molecule has 2 rings (SSSR count). The number of hydrogen-bond donors (Lipinski definition) is 1. The number of aromatic nitrogens is 1. The van der Waals surface area contributed by atoms with E-state index in [-0.39, 0.29) is 5.91 Å². The van der Waals surface area contributed by atoms with Crippen LogP contribution in [0.5, 0.6) is 0 Å². The molecule has 0 aliphatic heterocycles. The molecule has 1 amide bonds. The van der Waals surface area contributed by atoms with Crippen molar-refractivity contribution in [3.8, 4) is 0 Å². The molecule has 1 N–H and O–H groups in total. The molecule has 0 aliphatic rings. The lowest BCUT2D eigenvalue weighted by atomic mass is 10.3. The molecule has 0 aromatic carbocycles. The number of halogens is 1. The van der Waals surface area contributed by atoms with Gasteiger partial charge in [-0.3, -0.25) is 4.79 Å². The fourth-order valence-corrected chi connectivity index (χ4v) is 4.18. The number of hydrogen-bond acceptors (Lipinski definition) is 4. The van der Waals surface area contributed by atoms with Crippen LogP contribution in [0.1, 0.15) is 38.6 Å². The molecule has 3 nitrogen and oxygen atoms in total. The average molecular weight is 359 g/mol. The van der Waals surface area contributed by atoms with E-state index in [0.717, 1.165) is 37.1 Å². The van der Waals surface area contributed by atoms with Crippen LogP contribution in [0.25, 0.3) is 0 Å². The van der Waals surface area contributed by atoms with Gasteiger partial charge in [-0.25, -0.2) is 4.98 Å². The first-order valence-electron chi connectivity index (χ1n) is 6.09. The Kier molecular flexibility index (Phi) is 5.13. The summed E-state index contributed by atoms with van der Waals surface area (Å²) < 4.78 is 1.08. The molecule has 0 saturated carbocycles. The highest BCUT2D eigenvalue weighted by Gasteiger charge is 2.14. The second kappa shape index (κ2) is 6.63. The minimum atomic E-state index is -0.0260. The molecule has 0 unspecified atom stereocenters. The van der Waals surface area contributed by atoms with Crippen LogP contribution in [-0.2, 0) is 13.0 Å². The van der Waals surface area contributed by atoms with Crippen molar-refractivity contribution in [2.24, 2.45) is 0 Å². The van der Waals surface area contributed by atoms with Crippen LogP contribution in [-0.4, -0.2) is 10.9 Å². The average Bonchev–Trinajstić information content (AvgIpc) is 2.93. The van der Waals surface area contributed by atoms with Crippen LogP contribution in [0, 0.1) is 6.92 Å². The summed E-state index contributed by atoms with van der Waals surface area (Å²) in [6, 6.07) is 4.00.